The third-order valence-electron chi connectivity index (χ3n) is 6.02. The lowest BCUT2D eigenvalue weighted by Gasteiger charge is -2.15. The van der Waals surface area contributed by atoms with Crippen LogP contribution in [0.25, 0.3) is 22.2 Å². The van der Waals surface area contributed by atoms with Crippen LogP contribution >= 0.6 is 0 Å². The van der Waals surface area contributed by atoms with Gasteiger partial charge in [0.25, 0.3) is 0 Å². The molecule has 0 bridgehead atoms. The first-order chi connectivity index (χ1) is 11.7. The molecule has 2 fully saturated rings. The predicted molar refractivity (Wildman–Crippen MR) is 94.9 cm³/mol. The minimum absolute atomic E-state index is 0.697. The van der Waals surface area contributed by atoms with Crippen LogP contribution in [-0.2, 0) is 7.05 Å². The van der Waals surface area contributed by atoms with Crippen molar-refractivity contribution < 1.29 is 0 Å². The summed E-state index contributed by atoms with van der Waals surface area (Å²) in [6, 6.07) is 4.65. The Kier molecular flexibility index (Phi) is 3.07. The highest BCUT2D eigenvalue weighted by Crippen LogP contribution is 2.45. The van der Waals surface area contributed by atoms with E-state index in [1.807, 2.05) is 24.1 Å². The Hall–Kier alpha value is -2.14. The van der Waals surface area contributed by atoms with Crippen LogP contribution in [0.15, 0.2) is 24.5 Å². The molecule has 3 aromatic rings. The summed E-state index contributed by atoms with van der Waals surface area (Å²) in [5.74, 6) is 2.43. The van der Waals surface area contributed by atoms with Gasteiger partial charge >= 0.3 is 0 Å². The van der Waals surface area contributed by atoms with Gasteiger partial charge in [0.1, 0.15) is 5.69 Å². The maximum absolute atomic E-state index is 4.56. The molecule has 5 nitrogen and oxygen atoms in total. The van der Waals surface area contributed by atoms with Crippen molar-refractivity contribution in [2.45, 2.75) is 25.7 Å². The topological polar surface area (TPSA) is 58.5 Å². The zero-order valence-electron chi connectivity index (χ0n) is 14.2. The number of hydrogen-bond acceptors (Lipinski definition) is 3. The number of nitrogens with zero attached hydrogens (tertiary/aromatic N) is 3. The van der Waals surface area contributed by atoms with Crippen LogP contribution in [0, 0.1) is 18.8 Å². The summed E-state index contributed by atoms with van der Waals surface area (Å²) in [7, 11) is 1.94. The van der Waals surface area contributed by atoms with E-state index in [0.29, 0.717) is 5.92 Å². The Morgan fingerprint density at radius 3 is 2.67 bits per heavy atom. The lowest BCUT2D eigenvalue weighted by atomic mass is 9.90. The third kappa shape index (κ3) is 2.11. The molecule has 1 aliphatic carbocycles. The summed E-state index contributed by atoms with van der Waals surface area (Å²) in [5.41, 5.74) is 6.12. The van der Waals surface area contributed by atoms with Crippen LogP contribution < -0.4 is 5.32 Å². The maximum Gasteiger partial charge on any atom is 0.103 e. The standard InChI is InChI=1S/C19H23N5/c1-11-3-18-17(19(23-22-18)15-9-21-24(2)10-15)6-16(11)12-4-13-7-20-8-14(13)5-12/h3,6,9-10,12-14,20H,4-5,7-8H2,1-2H3,(H,22,23)/t12?,13-,14+. The van der Waals surface area contributed by atoms with Crippen molar-refractivity contribution in [3.8, 4) is 11.3 Å². The molecule has 1 saturated heterocycles. The van der Waals surface area contributed by atoms with Crippen molar-refractivity contribution in [1.29, 1.82) is 0 Å². The van der Waals surface area contributed by atoms with Gasteiger partial charge in [0.2, 0.25) is 0 Å². The van der Waals surface area contributed by atoms with Crippen LogP contribution in [0.5, 0.6) is 0 Å². The monoisotopic (exact) mass is 321 g/mol. The number of hydrogen-bond donors (Lipinski definition) is 2. The quantitative estimate of drug-likeness (QED) is 0.763. The average molecular weight is 321 g/mol. The zero-order valence-corrected chi connectivity index (χ0v) is 14.2. The van der Waals surface area contributed by atoms with E-state index in [-0.39, 0.29) is 0 Å². The van der Waals surface area contributed by atoms with Gasteiger partial charge in [-0.1, -0.05) is 0 Å². The molecule has 3 atom stereocenters. The summed E-state index contributed by atoms with van der Waals surface area (Å²) < 4.78 is 1.83. The molecule has 2 N–H and O–H groups in total. The molecule has 124 valence electrons. The Labute approximate surface area is 141 Å². The molecule has 24 heavy (non-hydrogen) atoms. The van der Waals surface area contributed by atoms with Gasteiger partial charge in [-0.25, -0.2) is 0 Å². The van der Waals surface area contributed by atoms with Crippen LogP contribution in [-0.4, -0.2) is 33.1 Å². The number of aromatic amines is 1. The first-order valence-electron chi connectivity index (χ1n) is 8.87. The van der Waals surface area contributed by atoms with Gasteiger partial charge in [-0.2, -0.15) is 10.2 Å². The van der Waals surface area contributed by atoms with Crippen LogP contribution in [0.4, 0.5) is 0 Å². The van der Waals surface area contributed by atoms with Gasteiger partial charge in [0.05, 0.1) is 11.7 Å². The Morgan fingerprint density at radius 1 is 1.17 bits per heavy atom. The summed E-state index contributed by atoms with van der Waals surface area (Å²) in [5, 5.41) is 16.8. The van der Waals surface area contributed by atoms with E-state index in [9.17, 15) is 0 Å². The predicted octanol–water partition coefficient (Wildman–Crippen LogP) is 2.98. The second-order valence-electron chi connectivity index (χ2n) is 7.58. The molecule has 2 aromatic heterocycles. The van der Waals surface area contributed by atoms with Gasteiger partial charge in [0, 0.05) is 24.2 Å². The molecule has 0 amide bonds. The molecular weight excluding hydrogens is 298 g/mol. The molecule has 0 radical (unpaired) electrons. The SMILES string of the molecule is Cc1cc2[nH]nc(-c3cnn(C)c3)c2cc1C1C[C@H]2CNC[C@H]2C1. The molecule has 5 rings (SSSR count). The van der Waals surface area contributed by atoms with Gasteiger partial charge in [-0.15, -0.1) is 0 Å². The third-order valence-corrected chi connectivity index (χ3v) is 6.02. The summed E-state index contributed by atoms with van der Waals surface area (Å²) >= 11 is 0. The molecule has 3 heterocycles. The van der Waals surface area contributed by atoms with Crippen molar-refractivity contribution in [3.63, 3.8) is 0 Å². The molecular formula is C19H23N5. The molecule has 2 aliphatic rings. The van der Waals surface area contributed by atoms with E-state index < -0.39 is 0 Å². The van der Waals surface area contributed by atoms with Crippen molar-refractivity contribution in [3.05, 3.63) is 35.7 Å². The van der Waals surface area contributed by atoms with Gasteiger partial charge < -0.3 is 5.32 Å². The number of fused-ring (bicyclic) bond motifs is 2. The smallest absolute Gasteiger partial charge is 0.103 e. The van der Waals surface area contributed by atoms with E-state index in [1.165, 1.54) is 42.4 Å². The second kappa shape index (κ2) is 5.18. The summed E-state index contributed by atoms with van der Waals surface area (Å²) in [6.07, 6.45) is 6.57. The maximum atomic E-state index is 4.56. The number of aromatic nitrogens is 4. The summed E-state index contributed by atoms with van der Waals surface area (Å²) in [4.78, 5) is 0. The number of H-pyrrole nitrogens is 1. The van der Waals surface area contributed by atoms with Crippen molar-refractivity contribution >= 4 is 10.9 Å². The minimum atomic E-state index is 0.697. The van der Waals surface area contributed by atoms with E-state index >= 15 is 0 Å². The Balaban J connectivity index is 1.58. The molecule has 1 unspecified atom stereocenters. The fraction of sp³-hybridized carbons (Fsp3) is 0.474. The fourth-order valence-electron chi connectivity index (χ4n) is 4.81. The highest BCUT2D eigenvalue weighted by atomic mass is 15.2. The van der Waals surface area contributed by atoms with Gasteiger partial charge in [-0.05, 0) is 73.9 Å². The fourth-order valence-corrected chi connectivity index (χ4v) is 4.81. The van der Waals surface area contributed by atoms with Crippen molar-refractivity contribution in [2.24, 2.45) is 18.9 Å². The first-order valence-corrected chi connectivity index (χ1v) is 8.87. The molecule has 1 aliphatic heterocycles. The molecule has 1 aromatic carbocycles. The number of nitrogens with one attached hydrogen (secondary N) is 2. The van der Waals surface area contributed by atoms with Gasteiger partial charge in [-0.3, -0.25) is 9.78 Å². The molecule has 1 saturated carbocycles. The van der Waals surface area contributed by atoms with E-state index in [2.05, 4.69) is 39.7 Å². The number of benzene rings is 1. The zero-order chi connectivity index (χ0) is 16.3. The largest absolute Gasteiger partial charge is 0.316 e. The molecule has 0 spiro atoms. The normalized spacial score (nSPS) is 26.3. The first kappa shape index (κ1) is 14.2. The highest BCUT2D eigenvalue weighted by Gasteiger charge is 2.38. The van der Waals surface area contributed by atoms with E-state index in [0.717, 1.165) is 28.6 Å². The minimum Gasteiger partial charge on any atom is -0.316 e. The van der Waals surface area contributed by atoms with Crippen LogP contribution in [0.3, 0.4) is 0 Å². The lowest BCUT2D eigenvalue weighted by Crippen LogP contribution is -2.11. The number of rotatable bonds is 2. The molecule has 5 heteroatoms. The van der Waals surface area contributed by atoms with E-state index in [1.54, 1.807) is 0 Å². The van der Waals surface area contributed by atoms with Crippen LogP contribution in [0.1, 0.15) is 29.9 Å². The Morgan fingerprint density at radius 2 is 1.96 bits per heavy atom. The summed E-state index contributed by atoms with van der Waals surface area (Å²) in [6.45, 7) is 4.65. The van der Waals surface area contributed by atoms with Crippen molar-refractivity contribution in [1.82, 2.24) is 25.3 Å². The highest BCUT2D eigenvalue weighted by molar-refractivity contribution is 5.93. The van der Waals surface area contributed by atoms with Crippen LogP contribution in [0.2, 0.25) is 0 Å². The number of aryl methyl sites for hydroxylation is 2. The Bertz CT molecular complexity index is 894. The van der Waals surface area contributed by atoms with E-state index in [4.69, 9.17) is 0 Å². The second-order valence-corrected chi connectivity index (χ2v) is 7.58. The average Bonchev–Trinajstić information content (AvgIpc) is 3.28. The van der Waals surface area contributed by atoms with Crippen molar-refractivity contribution in [2.75, 3.05) is 13.1 Å². The lowest BCUT2D eigenvalue weighted by molar-refractivity contribution is 0.494. The van der Waals surface area contributed by atoms with Gasteiger partial charge in [0.15, 0.2) is 0 Å².